The van der Waals surface area contributed by atoms with Crippen molar-refractivity contribution in [2.45, 2.75) is 24.1 Å². The van der Waals surface area contributed by atoms with E-state index < -0.39 is 0 Å². The van der Waals surface area contributed by atoms with Crippen LogP contribution in [0.3, 0.4) is 0 Å². The third kappa shape index (κ3) is 2.56. The lowest BCUT2D eigenvalue weighted by Gasteiger charge is -2.04. The first-order valence-corrected chi connectivity index (χ1v) is 5.51. The van der Waals surface area contributed by atoms with E-state index in [9.17, 15) is 0 Å². The highest BCUT2D eigenvalue weighted by Crippen LogP contribution is 2.32. The Hall–Kier alpha value is -1.36. The third-order valence-electron chi connectivity index (χ3n) is 1.82. The van der Waals surface area contributed by atoms with Crippen molar-refractivity contribution in [1.82, 2.24) is 15.2 Å². The molecule has 2 heterocycles. The normalized spacial score (nSPS) is 12.7. The van der Waals surface area contributed by atoms with Crippen LogP contribution in [0.25, 0.3) is 0 Å². The standard InChI is InChI=1S/C10H11N3OS/c1-7(10-13-12-8(2)14-10)15-9-5-3-4-6-11-9/h3-7H,1-2H3. The molecule has 5 heteroatoms. The Morgan fingerprint density at radius 3 is 2.80 bits per heavy atom. The highest BCUT2D eigenvalue weighted by Gasteiger charge is 2.14. The first-order chi connectivity index (χ1) is 7.25. The van der Waals surface area contributed by atoms with E-state index in [2.05, 4.69) is 15.2 Å². The van der Waals surface area contributed by atoms with Crippen LogP contribution >= 0.6 is 11.8 Å². The Bertz CT molecular complexity index is 429. The van der Waals surface area contributed by atoms with Crippen molar-refractivity contribution in [2.75, 3.05) is 0 Å². The molecular formula is C10H11N3OS. The maximum Gasteiger partial charge on any atom is 0.229 e. The van der Waals surface area contributed by atoms with Crippen molar-refractivity contribution in [3.63, 3.8) is 0 Å². The van der Waals surface area contributed by atoms with Gasteiger partial charge in [-0.25, -0.2) is 4.98 Å². The molecule has 0 N–H and O–H groups in total. The minimum Gasteiger partial charge on any atom is -0.424 e. The van der Waals surface area contributed by atoms with Gasteiger partial charge in [-0.1, -0.05) is 17.8 Å². The Morgan fingerprint density at radius 1 is 1.33 bits per heavy atom. The zero-order chi connectivity index (χ0) is 10.7. The van der Waals surface area contributed by atoms with Gasteiger partial charge in [-0.05, 0) is 19.1 Å². The van der Waals surface area contributed by atoms with E-state index in [1.54, 1.807) is 24.9 Å². The maximum absolute atomic E-state index is 5.35. The van der Waals surface area contributed by atoms with Crippen molar-refractivity contribution in [3.05, 3.63) is 36.2 Å². The lowest BCUT2D eigenvalue weighted by molar-refractivity contribution is 0.470. The van der Waals surface area contributed by atoms with Crippen molar-refractivity contribution in [1.29, 1.82) is 0 Å². The summed E-state index contributed by atoms with van der Waals surface area (Å²) >= 11 is 1.60. The molecule has 0 amide bonds. The molecule has 0 saturated carbocycles. The summed E-state index contributed by atoms with van der Waals surface area (Å²) in [6, 6.07) is 5.82. The second kappa shape index (κ2) is 4.44. The maximum atomic E-state index is 5.35. The predicted molar refractivity (Wildman–Crippen MR) is 57.5 cm³/mol. The SMILES string of the molecule is Cc1nnc(C(C)Sc2ccccn2)o1. The Balaban J connectivity index is 2.07. The number of hydrogen-bond donors (Lipinski definition) is 0. The Kier molecular flexibility index (Phi) is 3.01. The molecule has 0 radical (unpaired) electrons. The lowest BCUT2D eigenvalue weighted by Crippen LogP contribution is -1.89. The minimum absolute atomic E-state index is 0.126. The largest absolute Gasteiger partial charge is 0.424 e. The third-order valence-corrected chi connectivity index (χ3v) is 2.86. The number of aromatic nitrogens is 3. The smallest absolute Gasteiger partial charge is 0.229 e. The van der Waals surface area contributed by atoms with E-state index in [0.29, 0.717) is 11.8 Å². The molecule has 0 saturated heterocycles. The van der Waals surface area contributed by atoms with Crippen LogP contribution in [-0.2, 0) is 0 Å². The molecule has 15 heavy (non-hydrogen) atoms. The van der Waals surface area contributed by atoms with Crippen LogP contribution in [0.5, 0.6) is 0 Å². The van der Waals surface area contributed by atoms with Crippen LogP contribution in [-0.4, -0.2) is 15.2 Å². The molecule has 0 aliphatic carbocycles. The summed E-state index contributed by atoms with van der Waals surface area (Å²) in [5, 5.41) is 8.86. The second-order valence-corrected chi connectivity index (χ2v) is 4.45. The predicted octanol–water partition coefficient (Wildman–Crippen LogP) is 2.63. The van der Waals surface area contributed by atoms with Crippen molar-refractivity contribution >= 4 is 11.8 Å². The van der Waals surface area contributed by atoms with Gasteiger partial charge in [0.1, 0.15) is 0 Å². The molecule has 2 aromatic rings. The average molecular weight is 221 g/mol. The highest BCUT2D eigenvalue weighted by atomic mass is 32.2. The van der Waals surface area contributed by atoms with Crippen LogP contribution < -0.4 is 0 Å². The van der Waals surface area contributed by atoms with Gasteiger partial charge < -0.3 is 4.42 Å². The van der Waals surface area contributed by atoms with Crippen LogP contribution in [0.1, 0.15) is 24.0 Å². The summed E-state index contributed by atoms with van der Waals surface area (Å²) in [4.78, 5) is 4.22. The number of thioether (sulfide) groups is 1. The fourth-order valence-electron chi connectivity index (χ4n) is 1.12. The molecule has 78 valence electrons. The van der Waals surface area contributed by atoms with Gasteiger partial charge in [0.2, 0.25) is 11.8 Å². The van der Waals surface area contributed by atoms with E-state index in [1.807, 2.05) is 25.1 Å². The van der Waals surface area contributed by atoms with Crippen LogP contribution in [0.4, 0.5) is 0 Å². The molecule has 0 fully saturated rings. The van der Waals surface area contributed by atoms with E-state index >= 15 is 0 Å². The van der Waals surface area contributed by atoms with E-state index in [-0.39, 0.29) is 5.25 Å². The van der Waals surface area contributed by atoms with Crippen LogP contribution in [0, 0.1) is 6.92 Å². The number of nitrogens with zero attached hydrogens (tertiary/aromatic N) is 3. The van der Waals surface area contributed by atoms with Gasteiger partial charge in [0, 0.05) is 13.1 Å². The topological polar surface area (TPSA) is 51.8 Å². The van der Waals surface area contributed by atoms with Crippen molar-refractivity contribution in [3.8, 4) is 0 Å². The number of aryl methyl sites for hydroxylation is 1. The molecule has 1 atom stereocenters. The molecule has 0 bridgehead atoms. The zero-order valence-electron chi connectivity index (χ0n) is 8.54. The monoisotopic (exact) mass is 221 g/mol. The molecule has 0 aliphatic heterocycles. The molecule has 2 rings (SSSR count). The summed E-state index contributed by atoms with van der Waals surface area (Å²) in [7, 11) is 0. The summed E-state index contributed by atoms with van der Waals surface area (Å²) in [5.74, 6) is 1.24. The first-order valence-electron chi connectivity index (χ1n) is 4.63. The quantitative estimate of drug-likeness (QED) is 0.746. The first kappa shape index (κ1) is 10.2. The van der Waals surface area contributed by atoms with Gasteiger partial charge >= 0.3 is 0 Å². The van der Waals surface area contributed by atoms with Crippen LogP contribution in [0.15, 0.2) is 33.8 Å². The molecule has 1 unspecified atom stereocenters. The summed E-state index contributed by atoms with van der Waals surface area (Å²) < 4.78 is 5.35. The molecule has 2 aromatic heterocycles. The molecule has 0 aliphatic rings. The summed E-state index contributed by atoms with van der Waals surface area (Å²) in [5.41, 5.74) is 0. The fourth-order valence-corrected chi connectivity index (χ4v) is 1.96. The van der Waals surface area contributed by atoms with Crippen molar-refractivity contribution in [2.24, 2.45) is 0 Å². The van der Waals surface area contributed by atoms with E-state index in [1.165, 1.54) is 0 Å². The fraction of sp³-hybridized carbons (Fsp3) is 0.300. The molecule has 4 nitrogen and oxygen atoms in total. The Morgan fingerprint density at radius 2 is 2.20 bits per heavy atom. The Labute approximate surface area is 92.1 Å². The number of pyridine rings is 1. The molecule has 0 spiro atoms. The second-order valence-electron chi connectivity index (χ2n) is 3.09. The highest BCUT2D eigenvalue weighted by molar-refractivity contribution is 7.99. The van der Waals surface area contributed by atoms with E-state index in [4.69, 9.17) is 4.42 Å². The minimum atomic E-state index is 0.126. The molecule has 0 aromatic carbocycles. The van der Waals surface area contributed by atoms with Gasteiger partial charge in [-0.2, -0.15) is 0 Å². The summed E-state index contributed by atoms with van der Waals surface area (Å²) in [6.45, 7) is 3.81. The average Bonchev–Trinajstić information content (AvgIpc) is 2.66. The van der Waals surface area contributed by atoms with Gasteiger partial charge in [-0.15, -0.1) is 10.2 Å². The van der Waals surface area contributed by atoms with Gasteiger partial charge in [0.15, 0.2) is 0 Å². The zero-order valence-corrected chi connectivity index (χ0v) is 9.36. The van der Waals surface area contributed by atoms with Crippen molar-refractivity contribution < 1.29 is 4.42 Å². The van der Waals surface area contributed by atoms with Gasteiger partial charge in [0.25, 0.3) is 0 Å². The molecular weight excluding hydrogens is 210 g/mol. The summed E-state index contributed by atoms with van der Waals surface area (Å²) in [6.07, 6.45) is 1.77. The lowest BCUT2D eigenvalue weighted by atomic mass is 10.5. The number of hydrogen-bond acceptors (Lipinski definition) is 5. The van der Waals surface area contributed by atoms with Gasteiger partial charge in [0.05, 0.1) is 10.3 Å². The number of rotatable bonds is 3. The van der Waals surface area contributed by atoms with Gasteiger partial charge in [-0.3, -0.25) is 0 Å². The van der Waals surface area contributed by atoms with E-state index in [0.717, 1.165) is 5.03 Å². The van der Waals surface area contributed by atoms with Crippen LogP contribution in [0.2, 0.25) is 0 Å².